The molecule has 0 fully saturated rings. The first-order chi connectivity index (χ1) is 9.78. The van der Waals surface area contributed by atoms with E-state index in [1.54, 1.807) is 49.7 Å². The summed E-state index contributed by atoms with van der Waals surface area (Å²) in [5.74, 6) is 0. The molecule has 6 nitrogen and oxygen atoms in total. The van der Waals surface area contributed by atoms with E-state index in [0.717, 1.165) is 0 Å². The average Bonchev–Trinajstić information content (AvgIpc) is 2.76. The summed E-state index contributed by atoms with van der Waals surface area (Å²) in [4.78, 5) is 27.2. The number of nitrogens with zero attached hydrogens (tertiary/aromatic N) is 2. The maximum atomic E-state index is 11.7. The second kappa shape index (κ2) is 5.73. The summed E-state index contributed by atoms with van der Waals surface area (Å²) in [6, 6.07) is 2.55. The summed E-state index contributed by atoms with van der Waals surface area (Å²) in [6.45, 7) is 5.24. The Morgan fingerprint density at radius 2 is 2.14 bits per heavy atom. The Morgan fingerprint density at radius 1 is 1.43 bits per heavy atom. The van der Waals surface area contributed by atoms with Gasteiger partial charge in [-0.2, -0.15) is 0 Å². The highest BCUT2D eigenvalue weighted by molar-refractivity contribution is 6.30. The molecule has 0 aliphatic rings. The van der Waals surface area contributed by atoms with E-state index in [1.807, 2.05) is 0 Å². The Kier molecular flexibility index (Phi) is 4.18. The smallest absolute Gasteiger partial charge is 0.408 e. The molecule has 1 amide bonds. The van der Waals surface area contributed by atoms with Gasteiger partial charge < -0.3 is 19.2 Å². The molecule has 2 aromatic heterocycles. The number of imidazole rings is 1. The number of rotatable bonds is 3. The van der Waals surface area contributed by atoms with Crippen molar-refractivity contribution in [3.63, 3.8) is 0 Å². The second-order valence-electron chi connectivity index (χ2n) is 5.54. The largest absolute Gasteiger partial charge is 0.444 e. The third-order valence-electron chi connectivity index (χ3n) is 2.56. The third-order valence-corrected chi connectivity index (χ3v) is 2.78. The number of pyridine rings is 1. The number of aromatic nitrogens is 2. The van der Waals surface area contributed by atoms with Crippen LogP contribution in [0.2, 0.25) is 5.02 Å². The van der Waals surface area contributed by atoms with Crippen LogP contribution in [0.1, 0.15) is 32.5 Å². The van der Waals surface area contributed by atoms with Crippen molar-refractivity contribution in [2.24, 2.45) is 0 Å². The molecule has 7 heteroatoms. The normalized spacial score (nSPS) is 13.0. The molecule has 0 saturated heterocycles. The second-order valence-corrected chi connectivity index (χ2v) is 5.97. The van der Waals surface area contributed by atoms with Crippen LogP contribution in [-0.4, -0.2) is 27.4 Å². The zero-order valence-corrected chi connectivity index (χ0v) is 12.7. The molecule has 112 valence electrons. The molecular formula is C14H16ClN3O3. The Balaban J connectivity index is 2.19. The van der Waals surface area contributed by atoms with Gasteiger partial charge in [-0.25, -0.2) is 9.78 Å². The van der Waals surface area contributed by atoms with E-state index in [1.165, 1.54) is 0 Å². The molecule has 0 aliphatic heterocycles. The zero-order chi connectivity index (χ0) is 15.6. The van der Waals surface area contributed by atoms with E-state index in [0.29, 0.717) is 22.6 Å². The van der Waals surface area contributed by atoms with Gasteiger partial charge in [-0.3, -0.25) is 0 Å². The number of hydrogen-bond donors (Lipinski definition) is 1. The minimum absolute atomic E-state index is 0.415. The molecule has 0 saturated carbocycles. The van der Waals surface area contributed by atoms with Crippen LogP contribution in [0.3, 0.4) is 0 Å². The fourth-order valence-electron chi connectivity index (χ4n) is 1.75. The highest BCUT2D eigenvalue weighted by Crippen LogP contribution is 2.16. The number of halogens is 1. The van der Waals surface area contributed by atoms with Crippen molar-refractivity contribution < 1.29 is 14.3 Å². The number of carbonyl (C=O) groups is 2. The predicted molar refractivity (Wildman–Crippen MR) is 78.4 cm³/mol. The van der Waals surface area contributed by atoms with Gasteiger partial charge in [-0.15, -0.1) is 0 Å². The minimum atomic E-state index is -0.876. The van der Waals surface area contributed by atoms with Crippen molar-refractivity contribution in [3.05, 3.63) is 35.2 Å². The molecule has 0 aliphatic carbocycles. The van der Waals surface area contributed by atoms with E-state index >= 15 is 0 Å². The van der Waals surface area contributed by atoms with Crippen molar-refractivity contribution >= 4 is 29.6 Å². The Hall–Kier alpha value is -2.08. The van der Waals surface area contributed by atoms with Crippen LogP contribution in [0.4, 0.5) is 4.79 Å². The van der Waals surface area contributed by atoms with E-state index in [4.69, 9.17) is 16.3 Å². The number of fused-ring (bicyclic) bond motifs is 1. The molecule has 1 unspecified atom stereocenters. The number of hydrogen-bond acceptors (Lipinski definition) is 4. The molecule has 2 heterocycles. The van der Waals surface area contributed by atoms with Crippen LogP contribution in [0.15, 0.2) is 24.5 Å². The maximum Gasteiger partial charge on any atom is 0.408 e. The molecule has 2 rings (SSSR count). The van der Waals surface area contributed by atoms with Gasteiger partial charge in [0.2, 0.25) is 0 Å². The highest BCUT2D eigenvalue weighted by atomic mass is 35.5. The van der Waals surface area contributed by atoms with Gasteiger partial charge >= 0.3 is 6.09 Å². The maximum absolute atomic E-state index is 11.7. The number of amides is 1. The molecule has 1 atom stereocenters. The molecule has 0 aromatic carbocycles. The SMILES string of the molecule is CC(C)(C)OC(=O)NC(C=O)c1cn2cc(Cl)ccc2n1. The summed E-state index contributed by atoms with van der Waals surface area (Å²) in [7, 11) is 0. The monoisotopic (exact) mass is 309 g/mol. The topological polar surface area (TPSA) is 72.7 Å². The predicted octanol–water partition coefficient (Wildman–Crippen LogP) is 2.75. The lowest BCUT2D eigenvalue weighted by Crippen LogP contribution is -2.35. The molecular weight excluding hydrogens is 294 g/mol. The molecule has 1 N–H and O–H groups in total. The Morgan fingerprint density at radius 3 is 2.76 bits per heavy atom. The van der Waals surface area contributed by atoms with Crippen molar-refractivity contribution in [2.75, 3.05) is 0 Å². The van der Waals surface area contributed by atoms with Gasteiger partial charge in [0.25, 0.3) is 0 Å². The van der Waals surface area contributed by atoms with Crippen LogP contribution in [0, 0.1) is 0 Å². The van der Waals surface area contributed by atoms with Crippen LogP contribution < -0.4 is 5.32 Å². The number of ether oxygens (including phenoxy) is 1. The van der Waals surface area contributed by atoms with Gasteiger partial charge in [0.15, 0.2) is 0 Å². The lowest BCUT2D eigenvalue weighted by atomic mass is 10.2. The number of carbonyl (C=O) groups excluding carboxylic acids is 2. The number of alkyl carbamates (subject to hydrolysis) is 1. The van der Waals surface area contributed by atoms with Crippen molar-refractivity contribution in [1.29, 1.82) is 0 Å². The lowest BCUT2D eigenvalue weighted by molar-refractivity contribution is -0.109. The van der Waals surface area contributed by atoms with Gasteiger partial charge in [0.05, 0.1) is 10.7 Å². The molecule has 0 radical (unpaired) electrons. The summed E-state index contributed by atoms with van der Waals surface area (Å²) in [5, 5.41) is 3.03. The first-order valence-electron chi connectivity index (χ1n) is 6.37. The van der Waals surface area contributed by atoms with E-state index in [-0.39, 0.29) is 0 Å². The van der Waals surface area contributed by atoms with E-state index in [9.17, 15) is 9.59 Å². The van der Waals surface area contributed by atoms with Gasteiger partial charge in [0, 0.05) is 12.4 Å². The van der Waals surface area contributed by atoms with Gasteiger partial charge in [-0.1, -0.05) is 11.6 Å². The van der Waals surface area contributed by atoms with Gasteiger partial charge in [-0.05, 0) is 32.9 Å². The van der Waals surface area contributed by atoms with Gasteiger partial charge in [0.1, 0.15) is 23.6 Å². The Bertz CT molecular complexity index is 676. The summed E-state index contributed by atoms with van der Waals surface area (Å²) < 4.78 is 6.81. The zero-order valence-electron chi connectivity index (χ0n) is 12.0. The molecule has 0 spiro atoms. The lowest BCUT2D eigenvalue weighted by Gasteiger charge is -2.20. The standard InChI is InChI=1S/C14H16ClN3O3/c1-14(2,3)21-13(20)17-11(8-19)10-7-18-6-9(15)4-5-12(18)16-10/h4-8,11H,1-3H3,(H,17,20). The third kappa shape index (κ3) is 3.95. The minimum Gasteiger partial charge on any atom is -0.444 e. The van der Waals surface area contributed by atoms with Crippen LogP contribution in [0.25, 0.3) is 5.65 Å². The fraction of sp³-hybridized carbons (Fsp3) is 0.357. The first kappa shape index (κ1) is 15.3. The van der Waals surface area contributed by atoms with Crippen molar-refractivity contribution in [1.82, 2.24) is 14.7 Å². The highest BCUT2D eigenvalue weighted by Gasteiger charge is 2.21. The van der Waals surface area contributed by atoms with Crippen LogP contribution in [0.5, 0.6) is 0 Å². The van der Waals surface area contributed by atoms with E-state index < -0.39 is 17.7 Å². The quantitative estimate of drug-likeness (QED) is 0.885. The van der Waals surface area contributed by atoms with Crippen LogP contribution in [-0.2, 0) is 9.53 Å². The molecule has 2 aromatic rings. The molecule has 21 heavy (non-hydrogen) atoms. The first-order valence-corrected chi connectivity index (χ1v) is 6.75. The van der Waals surface area contributed by atoms with Crippen LogP contribution >= 0.6 is 11.6 Å². The number of nitrogens with one attached hydrogen (secondary N) is 1. The summed E-state index contributed by atoms with van der Waals surface area (Å²) in [5.41, 5.74) is 0.412. The fourth-order valence-corrected chi connectivity index (χ4v) is 1.91. The average molecular weight is 310 g/mol. The van der Waals surface area contributed by atoms with E-state index in [2.05, 4.69) is 10.3 Å². The van der Waals surface area contributed by atoms with Crippen molar-refractivity contribution in [3.8, 4) is 0 Å². The Labute approximate surface area is 127 Å². The summed E-state index contributed by atoms with van der Waals surface area (Å²) in [6.07, 6.45) is 3.24. The van der Waals surface area contributed by atoms with Crippen molar-refractivity contribution in [2.45, 2.75) is 32.4 Å². The number of aldehydes is 1. The molecule has 0 bridgehead atoms. The summed E-state index contributed by atoms with van der Waals surface area (Å²) >= 11 is 5.89.